The van der Waals surface area contributed by atoms with Gasteiger partial charge in [0.2, 0.25) is 0 Å². The summed E-state index contributed by atoms with van der Waals surface area (Å²) in [5.41, 5.74) is 2.26. The molecular weight excluding hydrogens is 281 g/mol. The maximum atomic E-state index is 13.5. The van der Waals surface area contributed by atoms with E-state index in [1.54, 1.807) is 17.8 Å². The number of aryl methyl sites for hydroxylation is 1. The van der Waals surface area contributed by atoms with Crippen LogP contribution >= 0.6 is 11.8 Å². The lowest BCUT2D eigenvalue weighted by molar-refractivity contribution is 0.547. The minimum Gasteiger partial charge on any atom is -0.312 e. The van der Waals surface area contributed by atoms with Crippen molar-refractivity contribution in [3.8, 4) is 0 Å². The van der Waals surface area contributed by atoms with Crippen LogP contribution in [0.25, 0.3) is 0 Å². The third-order valence-electron chi connectivity index (χ3n) is 3.20. The second-order valence-corrected chi connectivity index (χ2v) is 6.73. The van der Waals surface area contributed by atoms with Crippen LogP contribution in [0.1, 0.15) is 25.0 Å². The fourth-order valence-corrected chi connectivity index (χ4v) is 3.08. The highest BCUT2D eigenvalue weighted by Crippen LogP contribution is 2.32. The highest BCUT2D eigenvalue weighted by molar-refractivity contribution is 7.99. The molecule has 0 atom stereocenters. The zero-order valence-corrected chi connectivity index (χ0v) is 13.6. The minimum absolute atomic E-state index is 0.175. The van der Waals surface area contributed by atoms with Gasteiger partial charge in [-0.15, -0.1) is 0 Å². The maximum absolute atomic E-state index is 13.5. The summed E-state index contributed by atoms with van der Waals surface area (Å²) in [5.74, 6) is 0.413. The standard InChI is InChI=1S/C18H22FNS/c1-13(2)11-20-12-15-10-16(19)8-9-18(15)21-17-7-5-4-6-14(17)3/h4-10,13,20H,11-12H2,1-3H3. The van der Waals surface area contributed by atoms with E-state index >= 15 is 0 Å². The van der Waals surface area contributed by atoms with E-state index in [0.717, 1.165) is 17.0 Å². The number of benzene rings is 2. The highest BCUT2D eigenvalue weighted by Gasteiger charge is 2.08. The molecule has 0 unspecified atom stereocenters. The molecular formula is C18H22FNS. The molecule has 0 aliphatic rings. The lowest BCUT2D eigenvalue weighted by Gasteiger charge is -2.13. The van der Waals surface area contributed by atoms with Crippen LogP contribution in [0.4, 0.5) is 4.39 Å². The summed E-state index contributed by atoms with van der Waals surface area (Å²) in [4.78, 5) is 2.33. The predicted molar refractivity (Wildman–Crippen MR) is 88.2 cm³/mol. The lowest BCUT2D eigenvalue weighted by atomic mass is 10.2. The average Bonchev–Trinajstić information content (AvgIpc) is 2.43. The molecule has 2 aromatic rings. The van der Waals surface area contributed by atoms with Crippen LogP contribution in [0.3, 0.4) is 0 Å². The first kappa shape index (κ1) is 16.1. The molecule has 0 bridgehead atoms. The van der Waals surface area contributed by atoms with Gasteiger partial charge in [-0.3, -0.25) is 0 Å². The number of hydrogen-bond acceptors (Lipinski definition) is 2. The second kappa shape index (κ2) is 7.62. The zero-order valence-electron chi connectivity index (χ0n) is 12.8. The van der Waals surface area contributed by atoms with Gasteiger partial charge in [0.15, 0.2) is 0 Å². The van der Waals surface area contributed by atoms with E-state index < -0.39 is 0 Å². The number of halogens is 1. The van der Waals surface area contributed by atoms with Crippen LogP contribution in [0.15, 0.2) is 52.3 Å². The van der Waals surface area contributed by atoms with Gasteiger partial charge in [-0.1, -0.05) is 43.8 Å². The SMILES string of the molecule is Cc1ccccc1Sc1ccc(F)cc1CNCC(C)C. The second-order valence-electron chi connectivity index (χ2n) is 5.64. The molecule has 0 fully saturated rings. The summed E-state index contributed by atoms with van der Waals surface area (Å²) in [6.45, 7) is 8.07. The molecule has 0 aliphatic heterocycles. The molecule has 1 nitrogen and oxygen atoms in total. The van der Waals surface area contributed by atoms with E-state index in [1.165, 1.54) is 16.5 Å². The Hall–Kier alpha value is -1.32. The van der Waals surface area contributed by atoms with E-state index in [-0.39, 0.29) is 5.82 Å². The van der Waals surface area contributed by atoms with Crippen molar-refractivity contribution in [2.24, 2.45) is 5.92 Å². The van der Waals surface area contributed by atoms with Crippen molar-refractivity contribution < 1.29 is 4.39 Å². The van der Waals surface area contributed by atoms with Crippen LogP contribution in [0.5, 0.6) is 0 Å². The summed E-state index contributed by atoms with van der Waals surface area (Å²) in [5, 5.41) is 3.39. The third kappa shape index (κ3) is 4.87. The van der Waals surface area contributed by atoms with Crippen LogP contribution in [-0.4, -0.2) is 6.54 Å². The van der Waals surface area contributed by atoms with Gasteiger partial charge < -0.3 is 5.32 Å². The highest BCUT2D eigenvalue weighted by atomic mass is 32.2. The molecule has 0 aliphatic carbocycles. The van der Waals surface area contributed by atoms with Gasteiger partial charge in [-0.05, 0) is 54.8 Å². The van der Waals surface area contributed by atoms with E-state index in [9.17, 15) is 4.39 Å². The first-order valence-electron chi connectivity index (χ1n) is 7.29. The molecule has 0 saturated carbocycles. The van der Waals surface area contributed by atoms with Gasteiger partial charge in [0.05, 0.1) is 0 Å². The summed E-state index contributed by atoms with van der Waals surface area (Å²) in [6.07, 6.45) is 0. The van der Waals surface area contributed by atoms with Crippen LogP contribution in [-0.2, 0) is 6.54 Å². The van der Waals surface area contributed by atoms with Crippen LogP contribution in [0.2, 0.25) is 0 Å². The van der Waals surface area contributed by atoms with Crippen molar-refractivity contribution in [2.75, 3.05) is 6.54 Å². The Labute approximate surface area is 131 Å². The Kier molecular flexibility index (Phi) is 5.83. The Balaban J connectivity index is 2.16. The Morgan fingerprint density at radius 3 is 2.57 bits per heavy atom. The molecule has 2 rings (SSSR count). The monoisotopic (exact) mass is 303 g/mol. The molecule has 112 valence electrons. The first-order valence-corrected chi connectivity index (χ1v) is 8.10. The van der Waals surface area contributed by atoms with Gasteiger partial charge in [-0.2, -0.15) is 0 Å². The molecule has 0 saturated heterocycles. The van der Waals surface area contributed by atoms with Crippen molar-refractivity contribution in [2.45, 2.75) is 37.1 Å². The molecule has 0 heterocycles. The van der Waals surface area contributed by atoms with Crippen molar-refractivity contribution >= 4 is 11.8 Å². The van der Waals surface area contributed by atoms with Gasteiger partial charge in [0.1, 0.15) is 5.82 Å². The molecule has 21 heavy (non-hydrogen) atoms. The van der Waals surface area contributed by atoms with Crippen molar-refractivity contribution in [1.82, 2.24) is 5.32 Å². The summed E-state index contributed by atoms with van der Waals surface area (Å²) < 4.78 is 13.5. The molecule has 1 N–H and O–H groups in total. The molecule has 2 aromatic carbocycles. The van der Waals surface area contributed by atoms with E-state index in [4.69, 9.17) is 0 Å². The quantitative estimate of drug-likeness (QED) is 0.803. The molecule has 0 aromatic heterocycles. The fraction of sp³-hybridized carbons (Fsp3) is 0.333. The van der Waals surface area contributed by atoms with Crippen molar-refractivity contribution in [3.05, 3.63) is 59.4 Å². The first-order chi connectivity index (χ1) is 10.1. The topological polar surface area (TPSA) is 12.0 Å². The number of rotatable bonds is 6. The predicted octanol–water partition coefficient (Wildman–Crippen LogP) is 5.03. The van der Waals surface area contributed by atoms with E-state index in [2.05, 4.69) is 38.2 Å². The largest absolute Gasteiger partial charge is 0.312 e. The smallest absolute Gasteiger partial charge is 0.123 e. The normalized spacial score (nSPS) is 11.1. The van der Waals surface area contributed by atoms with Gasteiger partial charge in [0, 0.05) is 16.3 Å². The number of nitrogens with one attached hydrogen (secondary N) is 1. The van der Waals surface area contributed by atoms with Gasteiger partial charge in [0.25, 0.3) is 0 Å². The molecule has 3 heteroatoms. The zero-order chi connectivity index (χ0) is 15.2. The van der Waals surface area contributed by atoms with Crippen LogP contribution < -0.4 is 5.32 Å². The summed E-state index contributed by atoms with van der Waals surface area (Å²) in [7, 11) is 0. The number of hydrogen-bond donors (Lipinski definition) is 1. The lowest BCUT2D eigenvalue weighted by Crippen LogP contribution is -2.19. The maximum Gasteiger partial charge on any atom is 0.123 e. The third-order valence-corrected chi connectivity index (χ3v) is 4.50. The van der Waals surface area contributed by atoms with Gasteiger partial charge in [-0.25, -0.2) is 4.39 Å². The fourth-order valence-electron chi connectivity index (χ4n) is 2.07. The van der Waals surface area contributed by atoms with Crippen molar-refractivity contribution in [3.63, 3.8) is 0 Å². The van der Waals surface area contributed by atoms with E-state index in [1.807, 2.05) is 18.2 Å². The average molecular weight is 303 g/mol. The van der Waals surface area contributed by atoms with E-state index in [0.29, 0.717) is 12.5 Å². The summed E-state index contributed by atoms with van der Waals surface area (Å²) in [6, 6.07) is 13.3. The molecule has 0 spiro atoms. The Bertz CT molecular complexity index is 596. The van der Waals surface area contributed by atoms with Crippen LogP contribution in [0, 0.1) is 18.7 Å². The molecule has 0 radical (unpaired) electrons. The minimum atomic E-state index is -0.175. The van der Waals surface area contributed by atoms with Crippen molar-refractivity contribution in [1.29, 1.82) is 0 Å². The van der Waals surface area contributed by atoms with Gasteiger partial charge >= 0.3 is 0 Å². The summed E-state index contributed by atoms with van der Waals surface area (Å²) >= 11 is 1.70. The Morgan fingerprint density at radius 2 is 1.86 bits per heavy atom. The molecule has 0 amide bonds. The Morgan fingerprint density at radius 1 is 1.10 bits per heavy atom.